The van der Waals surface area contributed by atoms with Gasteiger partial charge in [0, 0.05) is 6.42 Å². The van der Waals surface area contributed by atoms with Gasteiger partial charge in [-0.2, -0.15) is 0 Å². The molecule has 1 aromatic carbocycles. The second-order valence-corrected chi connectivity index (χ2v) is 8.23. The number of benzene rings is 1. The van der Waals surface area contributed by atoms with Crippen LogP contribution in [0.3, 0.4) is 0 Å². The first-order chi connectivity index (χ1) is 15.4. The van der Waals surface area contributed by atoms with Gasteiger partial charge < -0.3 is 30.5 Å². The van der Waals surface area contributed by atoms with Crippen molar-refractivity contribution < 1.29 is 38.6 Å². The standard InChI is InChI=1S/C22H31N3O8/c1-14(24-21(31)32-13-15-8-6-5-7-9-15)19(29)25-16(20(30)23-12-17(26)27)10-11-18(28)33-22(2,3)4/h5-9,14,16H,10-13H2,1-4H3,(H,23,30)(H,24,31)(H,25,29)(H,26,27). The molecule has 0 aliphatic heterocycles. The van der Waals surface area contributed by atoms with E-state index in [1.165, 1.54) is 6.92 Å². The minimum atomic E-state index is -1.27. The molecule has 11 nitrogen and oxygen atoms in total. The van der Waals surface area contributed by atoms with Gasteiger partial charge in [-0.05, 0) is 39.7 Å². The first-order valence-electron chi connectivity index (χ1n) is 10.4. The molecule has 0 saturated carbocycles. The zero-order valence-corrected chi connectivity index (χ0v) is 19.2. The highest BCUT2D eigenvalue weighted by Crippen LogP contribution is 2.10. The molecule has 182 valence electrons. The monoisotopic (exact) mass is 465 g/mol. The van der Waals surface area contributed by atoms with E-state index in [1.54, 1.807) is 45.0 Å². The number of esters is 1. The molecule has 1 rings (SSSR count). The number of carbonyl (C=O) groups excluding carboxylic acids is 4. The normalized spacial score (nSPS) is 12.6. The minimum absolute atomic E-state index is 0.0110. The molecule has 0 heterocycles. The number of hydrogen-bond acceptors (Lipinski definition) is 7. The summed E-state index contributed by atoms with van der Waals surface area (Å²) in [5.74, 6) is -3.35. The van der Waals surface area contributed by atoms with E-state index in [-0.39, 0.29) is 19.4 Å². The molecule has 4 N–H and O–H groups in total. The lowest BCUT2D eigenvalue weighted by atomic mass is 10.1. The lowest BCUT2D eigenvalue weighted by Gasteiger charge is -2.22. The summed E-state index contributed by atoms with van der Waals surface area (Å²) >= 11 is 0. The Morgan fingerprint density at radius 3 is 2.21 bits per heavy atom. The first-order valence-corrected chi connectivity index (χ1v) is 10.4. The van der Waals surface area contributed by atoms with Gasteiger partial charge in [-0.15, -0.1) is 0 Å². The number of aliphatic carboxylic acids is 1. The second-order valence-electron chi connectivity index (χ2n) is 8.23. The van der Waals surface area contributed by atoms with Crippen molar-refractivity contribution in [3.8, 4) is 0 Å². The van der Waals surface area contributed by atoms with Crippen LogP contribution in [0.5, 0.6) is 0 Å². The fraction of sp³-hybridized carbons (Fsp3) is 0.500. The quantitative estimate of drug-likeness (QED) is 0.354. The molecule has 33 heavy (non-hydrogen) atoms. The van der Waals surface area contributed by atoms with E-state index in [9.17, 15) is 24.0 Å². The van der Waals surface area contributed by atoms with E-state index in [0.717, 1.165) is 5.56 Å². The third kappa shape index (κ3) is 12.1. The highest BCUT2D eigenvalue weighted by molar-refractivity contribution is 5.92. The number of hydrogen-bond donors (Lipinski definition) is 4. The summed E-state index contributed by atoms with van der Waals surface area (Å²) in [4.78, 5) is 59.5. The maximum atomic E-state index is 12.5. The van der Waals surface area contributed by atoms with Gasteiger partial charge in [0.25, 0.3) is 0 Å². The Kier molecular flexibility index (Phi) is 10.8. The molecule has 0 spiro atoms. The molecule has 11 heteroatoms. The van der Waals surface area contributed by atoms with Crippen LogP contribution >= 0.6 is 0 Å². The van der Waals surface area contributed by atoms with Gasteiger partial charge in [-0.25, -0.2) is 4.79 Å². The van der Waals surface area contributed by atoms with Crippen LogP contribution in [0.15, 0.2) is 30.3 Å². The Balaban J connectivity index is 2.65. The number of rotatable bonds is 11. The molecule has 1 aromatic rings. The fourth-order valence-electron chi connectivity index (χ4n) is 2.51. The maximum absolute atomic E-state index is 12.5. The van der Waals surface area contributed by atoms with Gasteiger partial charge in [0.15, 0.2) is 0 Å². The predicted molar refractivity (Wildman–Crippen MR) is 117 cm³/mol. The summed E-state index contributed by atoms with van der Waals surface area (Å²) in [7, 11) is 0. The van der Waals surface area contributed by atoms with E-state index in [0.29, 0.717) is 0 Å². The molecule has 3 amide bonds. The van der Waals surface area contributed by atoms with E-state index in [1.807, 2.05) is 6.07 Å². The van der Waals surface area contributed by atoms with Gasteiger partial charge in [0.2, 0.25) is 11.8 Å². The van der Waals surface area contributed by atoms with Crippen LogP contribution in [-0.2, 0) is 35.3 Å². The van der Waals surface area contributed by atoms with Crippen molar-refractivity contribution in [1.82, 2.24) is 16.0 Å². The van der Waals surface area contributed by atoms with Crippen molar-refractivity contribution in [2.24, 2.45) is 0 Å². The van der Waals surface area contributed by atoms with Crippen LogP contribution in [0.1, 0.15) is 46.1 Å². The predicted octanol–water partition coefficient (Wildman–Crippen LogP) is 1.11. The van der Waals surface area contributed by atoms with Crippen LogP contribution < -0.4 is 16.0 Å². The van der Waals surface area contributed by atoms with Crippen molar-refractivity contribution >= 4 is 29.8 Å². The Bertz CT molecular complexity index is 836. The number of nitrogens with one attached hydrogen (secondary N) is 3. The molecule has 0 bridgehead atoms. The smallest absolute Gasteiger partial charge is 0.408 e. The number of carboxylic acids is 1. The zero-order valence-electron chi connectivity index (χ0n) is 19.2. The highest BCUT2D eigenvalue weighted by atomic mass is 16.6. The zero-order chi connectivity index (χ0) is 25.0. The van der Waals surface area contributed by atoms with Crippen molar-refractivity contribution in [2.75, 3.05) is 6.54 Å². The van der Waals surface area contributed by atoms with Crippen molar-refractivity contribution in [1.29, 1.82) is 0 Å². The van der Waals surface area contributed by atoms with Gasteiger partial charge in [0.05, 0.1) is 0 Å². The summed E-state index contributed by atoms with van der Waals surface area (Å²) in [6, 6.07) is 6.67. The topological polar surface area (TPSA) is 160 Å². The number of alkyl carbamates (subject to hydrolysis) is 1. The largest absolute Gasteiger partial charge is 0.480 e. The number of carbonyl (C=O) groups is 5. The Morgan fingerprint density at radius 2 is 1.64 bits per heavy atom. The average molecular weight is 466 g/mol. The Labute approximate surface area is 192 Å². The molecule has 2 unspecified atom stereocenters. The van der Waals surface area contributed by atoms with Crippen molar-refractivity contribution in [3.05, 3.63) is 35.9 Å². The number of amides is 3. The van der Waals surface area contributed by atoms with E-state index < -0.39 is 54.1 Å². The van der Waals surface area contributed by atoms with Crippen molar-refractivity contribution in [3.63, 3.8) is 0 Å². The van der Waals surface area contributed by atoms with Gasteiger partial charge in [-0.1, -0.05) is 30.3 Å². The van der Waals surface area contributed by atoms with Crippen LogP contribution in [-0.4, -0.2) is 59.2 Å². The third-order valence-electron chi connectivity index (χ3n) is 4.04. The number of ether oxygens (including phenoxy) is 2. The average Bonchev–Trinajstić information content (AvgIpc) is 2.72. The van der Waals surface area contributed by atoms with E-state index in [4.69, 9.17) is 14.6 Å². The molecule has 0 saturated heterocycles. The van der Waals surface area contributed by atoms with E-state index >= 15 is 0 Å². The molecule has 0 radical (unpaired) electrons. The lowest BCUT2D eigenvalue weighted by molar-refractivity contribution is -0.155. The lowest BCUT2D eigenvalue weighted by Crippen LogP contribution is -2.53. The Hall–Kier alpha value is -3.63. The van der Waals surface area contributed by atoms with Crippen molar-refractivity contribution in [2.45, 2.75) is 64.8 Å². The highest BCUT2D eigenvalue weighted by Gasteiger charge is 2.26. The molecular weight excluding hydrogens is 434 g/mol. The molecule has 0 fully saturated rings. The van der Waals surface area contributed by atoms with Gasteiger partial charge in [0.1, 0.15) is 30.8 Å². The molecular formula is C22H31N3O8. The van der Waals surface area contributed by atoms with Crippen LogP contribution in [0.25, 0.3) is 0 Å². The first kappa shape index (κ1) is 27.4. The van der Waals surface area contributed by atoms with Crippen LogP contribution in [0.2, 0.25) is 0 Å². The maximum Gasteiger partial charge on any atom is 0.408 e. The molecule has 0 aliphatic carbocycles. The Morgan fingerprint density at radius 1 is 1.00 bits per heavy atom. The molecule has 2 atom stereocenters. The van der Waals surface area contributed by atoms with Crippen LogP contribution in [0.4, 0.5) is 4.79 Å². The van der Waals surface area contributed by atoms with Gasteiger partial charge >= 0.3 is 18.0 Å². The second kappa shape index (κ2) is 13.0. The van der Waals surface area contributed by atoms with Gasteiger partial charge in [-0.3, -0.25) is 19.2 Å². The summed E-state index contributed by atoms with van der Waals surface area (Å²) < 4.78 is 10.2. The SMILES string of the molecule is CC(NC(=O)OCc1ccccc1)C(=O)NC(CCC(=O)OC(C)(C)C)C(=O)NCC(=O)O. The summed E-state index contributed by atoms with van der Waals surface area (Å²) in [6.07, 6.45) is -1.15. The van der Waals surface area contributed by atoms with Crippen LogP contribution in [0, 0.1) is 0 Å². The summed E-state index contributed by atoms with van der Waals surface area (Å²) in [5.41, 5.74) is 0.0435. The summed E-state index contributed by atoms with van der Waals surface area (Å²) in [5, 5.41) is 15.7. The minimum Gasteiger partial charge on any atom is -0.480 e. The number of carboxylic acid groups (broad SMARTS) is 1. The van der Waals surface area contributed by atoms with E-state index in [2.05, 4.69) is 16.0 Å². The third-order valence-corrected chi connectivity index (χ3v) is 4.04. The summed E-state index contributed by atoms with van der Waals surface area (Å²) in [6.45, 7) is 5.81. The fourth-order valence-corrected chi connectivity index (χ4v) is 2.51. The molecule has 0 aliphatic rings. The molecule has 0 aromatic heterocycles.